The average molecular weight is 343 g/mol. The van der Waals surface area contributed by atoms with Crippen LogP contribution in [0.2, 0.25) is 0 Å². The second-order valence-corrected chi connectivity index (χ2v) is 6.67. The van der Waals surface area contributed by atoms with Crippen molar-refractivity contribution in [3.63, 3.8) is 0 Å². The number of carbonyl (C=O) groups is 2. The number of aromatic nitrogens is 2. The Hall–Kier alpha value is -2.41. The Morgan fingerprint density at radius 1 is 1.20 bits per heavy atom. The monoisotopic (exact) mass is 343 g/mol. The maximum absolute atomic E-state index is 12.5. The van der Waals surface area contributed by atoms with Gasteiger partial charge in [0, 0.05) is 43.0 Å². The zero-order valence-corrected chi connectivity index (χ0v) is 14.5. The summed E-state index contributed by atoms with van der Waals surface area (Å²) in [5.41, 5.74) is 6.98. The van der Waals surface area contributed by atoms with Gasteiger partial charge in [-0.2, -0.15) is 5.10 Å². The van der Waals surface area contributed by atoms with Crippen molar-refractivity contribution in [1.29, 1.82) is 0 Å². The van der Waals surface area contributed by atoms with Gasteiger partial charge in [-0.1, -0.05) is 6.07 Å². The number of fused-ring (bicyclic) bond motifs is 1. The molecule has 0 radical (unpaired) electrons. The molecule has 1 aliphatic carbocycles. The van der Waals surface area contributed by atoms with E-state index in [1.807, 2.05) is 25.2 Å². The van der Waals surface area contributed by atoms with Gasteiger partial charge >= 0.3 is 0 Å². The lowest BCUT2D eigenvalue weighted by Gasteiger charge is -2.29. The Morgan fingerprint density at radius 3 is 2.56 bits per heavy atom. The van der Waals surface area contributed by atoms with Crippen LogP contribution in [0.5, 0.6) is 0 Å². The summed E-state index contributed by atoms with van der Waals surface area (Å²) in [7, 11) is 1.87. The third kappa shape index (κ3) is 4.17. The van der Waals surface area contributed by atoms with Gasteiger partial charge in [0.1, 0.15) is 0 Å². The minimum Gasteiger partial charge on any atom is -0.353 e. The molecule has 0 atom stereocenters. The molecule has 1 aromatic carbocycles. The molecule has 0 bridgehead atoms. The number of aryl methyl sites for hydroxylation is 1. The van der Waals surface area contributed by atoms with Gasteiger partial charge in [0.2, 0.25) is 5.91 Å². The smallest absolute Gasteiger partial charge is 0.251 e. The lowest BCUT2D eigenvalue weighted by molar-refractivity contribution is -0.121. The Labute approximate surface area is 146 Å². The molecule has 4 N–H and O–H groups in total. The van der Waals surface area contributed by atoms with Gasteiger partial charge in [0.05, 0.1) is 11.7 Å². The van der Waals surface area contributed by atoms with Gasteiger partial charge < -0.3 is 16.4 Å². The van der Waals surface area contributed by atoms with Gasteiger partial charge in [-0.25, -0.2) is 0 Å². The summed E-state index contributed by atoms with van der Waals surface area (Å²) in [6.45, 7) is 0.373. The summed E-state index contributed by atoms with van der Waals surface area (Å²) in [6.07, 6.45) is 5.65. The van der Waals surface area contributed by atoms with E-state index in [9.17, 15) is 9.59 Å². The lowest BCUT2D eigenvalue weighted by Crippen LogP contribution is -2.44. The van der Waals surface area contributed by atoms with Crippen molar-refractivity contribution in [2.24, 2.45) is 12.8 Å². The van der Waals surface area contributed by atoms with E-state index < -0.39 is 0 Å². The van der Waals surface area contributed by atoms with Crippen LogP contribution in [-0.2, 0) is 11.8 Å². The molecule has 0 aliphatic heterocycles. The summed E-state index contributed by atoms with van der Waals surface area (Å²) in [6, 6.07) is 5.96. The quantitative estimate of drug-likeness (QED) is 0.756. The van der Waals surface area contributed by atoms with Crippen LogP contribution in [0, 0.1) is 0 Å². The fraction of sp³-hybridized carbons (Fsp3) is 0.500. The number of nitrogens with two attached hydrogens (primary N) is 1. The van der Waals surface area contributed by atoms with Gasteiger partial charge in [-0.15, -0.1) is 0 Å². The van der Waals surface area contributed by atoms with E-state index in [0.717, 1.165) is 36.6 Å². The highest BCUT2D eigenvalue weighted by atomic mass is 16.2. The molecular formula is C18H25N5O2. The van der Waals surface area contributed by atoms with E-state index >= 15 is 0 Å². The molecule has 1 fully saturated rings. The van der Waals surface area contributed by atoms with Crippen LogP contribution in [0.15, 0.2) is 24.4 Å². The molecule has 0 unspecified atom stereocenters. The van der Waals surface area contributed by atoms with Crippen molar-refractivity contribution >= 4 is 22.7 Å². The topological polar surface area (TPSA) is 102 Å². The second kappa shape index (κ2) is 7.65. The number of hydrogen-bond acceptors (Lipinski definition) is 4. The first-order valence-corrected chi connectivity index (χ1v) is 8.79. The molecule has 2 aromatic rings. The normalized spacial score (nSPS) is 20.4. The maximum atomic E-state index is 12.5. The van der Waals surface area contributed by atoms with E-state index in [4.69, 9.17) is 5.73 Å². The zero-order valence-electron chi connectivity index (χ0n) is 14.5. The number of nitrogens with one attached hydrogen (secondary N) is 2. The lowest BCUT2D eigenvalue weighted by atomic mass is 9.91. The SMILES string of the molecule is Cn1ncc2ccc(C(=O)NC3CCC(NC(=O)CCN)CC3)cc21. The first kappa shape index (κ1) is 17.4. The van der Waals surface area contributed by atoms with Crippen molar-refractivity contribution < 1.29 is 9.59 Å². The van der Waals surface area contributed by atoms with Crippen LogP contribution in [0.1, 0.15) is 42.5 Å². The van der Waals surface area contributed by atoms with Crippen LogP contribution in [0.25, 0.3) is 10.9 Å². The number of rotatable bonds is 5. The maximum Gasteiger partial charge on any atom is 0.251 e. The largest absolute Gasteiger partial charge is 0.353 e. The first-order valence-electron chi connectivity index (χ1n) is 8.79. The average Bonchev–Trinajstić information content (AvgIpc) is 2.97. The van der Waals surface area contributed by atoms with E-state index in [1.54, 1.807) is 10.9 Å². The summed E-state index contributed by atoms with van der Waals surface area (Å²) >= 11 is 0. The Kier molecular flexibility index (Phi) is 5.33. The number of nitrogens with zero attached hydrogens (tertiary/aromatic N) is 2. The molecular weight excluding hydrogens is 318 g/mol. The summed E-state index contributed by atoms with van der Waals surface area (Å²) in [5, 5.41) is 11.3. The van der Waals surface area contributed by atoms with E-state index in [1.165, 1.54) is 0 Å². The van der Waals surface area contributed by atoms with E-state index in [-0.39, 0.29) is 23.9 Å². The van der Waals surface area contributed by atoms with Crippen molar-refractivity contribution in [3.8, 4) is 0 Å². The van der Waals surface area contributed by atoms with Gasteiger partial charge in [-0.3, -0.25) is 14.3 Å². The molecule has 7 heteroatoms. The molecule has 2 amide bonds. The van der Waals surface area contributed by atoms with Crippen molar-refractivity contribution in [1.82, 2.24) is 20.4 Å². The summed E-state index contributed by atoms with van der Waals surface area (Å²) in [4.78, 5) is 24.1. The molecule has 134 valence electrons. The van der Waals surface area contributed by atoms with Crippen molar-refractivity contribution in [3.05, 3.63) is 30.0 Å². The number of amides is 2. The van der Waals surface area contributed by atoms with E-state index in [0.29, 0.717) is 18.5 Å². The van der Waals surface area contributed by atoms with Crippen LogP contribution in [-0.4, -0.2) is 40.2 Å². The molecule has 1 aromatic heterocycles. The van der Waals surface area contributed by atoms with Crippen LogP contribution in [0.3, 0.4) is 0 Å². The van der Waals surface area contributed by atoms with Gasteiger partial charge in [0.25, 0.3) is 5.91 Å². The first-order chi connectivity index (χ1) is 12.1. The number of carbonyl (C=O) groups excluding carboxylic acids is 2. The van der Waals surface area contributed by atoms with Crippen LogP contribution >= 0.6 is 0 Å². The minimum absolute atomic E-state index is 0.0134. The van der Waals surface area contributed by atoms with Crippen LogP contribution in [0.4, 0.5) is 0 Å². The van der Waals surface area contributed by atoms with Gasteiger partial charge in [-0.05, 0) is 37.8 Å². The molecule has 0 spiro atoms. The molecule has 25 heavy (non-hydrogen) atoms. The summed E-state index contributed by atoms with van der Waals surface area (Å²) < 4.78 is 1.77. The third-order valence-corrected chi connectivity index (χ3v) is 4.81. The second-order valence-electron chi connectivity index (χ2n) is 6.67. The molecule has 3 rings (SSSR count). The molecule has 1 aliphatic rings. The fourth-order valence-corrected chi connectivity index (χ4v) is 3.37. The van der Waals surface area contributed by atoms with E-state index in [2.05, 4.69) is 15.7 Å². The van der Waals surface area contributed by atoms with Crippen molar-refractivity contribution in [2.45, 2.75) is 44.2 Å². The molecule has 0 saturated heterocycles. The molecule has 7 nitrogen and oxygen atoms in total. The fourth-order valence-electron chi connectivity index (χ4n) is 3.37. The standard InChI is InChI=1S/C18H25N5O2/c1-23-16-10-12(2-3-13(16)11-20-23)18(25)22-15-6-4-14(5-7-15)21-17(24)8-9-19/h2-3,10-11,14-15H,4-9,19H2,1H3,(H,21,24)(H,22,25). The highest BCUT2D eigenvalue weighted by molar-refractivity contribution is 5.98. The number of hydrogen-bond donors (Lipinski definition) is 3. The minimum atomic E-state index is -0.0567. The number of benzene rings is 1. The highest BCUT2D eigenvalue weighted by Gasteiger charge is 2.23. The van der Waals surface area contributed by atoms with Gasteiger partial charge in [0.15, 0.2) is 0 Å². The van der Waals surface area contributed by atoms with Crippen LogP contribution < -0.4 is 16.4 Å². The zero-order chi connectivity index (χ0) is 17.8. The highest BCUT2D eigenvalue weighted by Crippen LogP contribution is 2.20. The Morgan fingerprint density at radius 2 is 1.88 bits per heavy atom. The Balaban J connectivity index is 1.53. The molecule has 1 heterocycles. The predicted octanol–water partition coefficient (Wildman–Crippen LogP) is 1.08. The van der Waals surface area contributed by atoms with Crippen molar-refractivity contribution in [2.75, 3.05) is 6.54 Å². The predicted molar refractivity (Wildman–Crippen MR) is 96.0 cm³/mol. The Bertz CT molecular complexity index is 762. The molecule has 1 saturated carbocycles. The third-order valence-electron chi connectivity index (χ3n) is 4.81. The summed E-state index contributed by atoms with van der Waals surface area (Å²) in [5.74, 6) is -0.0433.